The maximum absolute atomic E-state index is 12.7. The lowest BCUT2D eigenvalue weighted by Gasteiger charge is -2.54. The van der Waals surface area contributed by atoms with Crippen LogP contribution in [0.2, 0.25) is 0 Å². The normalized spacial score (nSPS) is 19.9. The molecule has 5 heterocycles. The summed E-state index contributed by atoms with van der Waals surface area (Å²) in [6.45, 7) is 6.48. The van der Waals surface area contributed by atoms with Crippen molar-refractivity contribution < 1.29 is 22.7 Å². The molecule has 3 aliphatic rings. The van der Waals surface area contributed by atoms with Crippen molar-refractivity contribution in [1.29, 1.82) is 0 Å². The van der Waals surface area contributed by atoms with Crippen molar-refractivity contribution in [3.05, 3.63) is 36.3 Å². The van der Waals surface area contributed by atoms with Crippen LogP contribution in [0.1, 0.15) is 32.0 Å². The van der Waals surface area contributed by atoms with E-state index >= 15 is 0 Å². The fourth-order valence-electron chi connectivity index (χ4n) is 5.21. The van der Waals surface area contributed by atoms with Crippen LogP contribution >= 0.6 is 0 Å². The van der Waals surface area contributed by atoms with Crippen LogP contribution in [-0.4, -0.2) is 83.3 Å². The van der Waals surface area contributed by atoms with E-state index in [-0.39, 0.29) is 22.9 Å². The fraction of sp³-hybridized carbons (Fsp3) is 0.520. The second-order valence-corrected chi connectivity index (χ2v) is 10.1. The van der Waals surface area contributed by atoms with E-state index in [4.69, 9.17) is 4.98 Å². The number of carbonyl (C=O) groups excluding carboxylic acids is 1. The Balaban J connectivity index is 1.37. The Morgan fingerprint density at radius 2 is 1.86 bits per heavy atom. The average Bonchev–Trinajstić information content (AvgIpc) is 2.81. The van der Waals surface area contributed by atoms with E-state index in [9.17, 15) is 18.0 Å². The van der Waals surface area contributed by atoms with Gasteiger partial charge in [0.15, 0.2) is 5.82 Å². The van der Waals surface area contributed by atoms with Gasteiger partial charge in [0, 0.05) is 75.5 Å². The van der Waals surface area contributed by atoms with Gasteiger partial charge in [-0.2, -0.15) is 0 Å². The molecule has 2 aromatic heterocycles. The van der Waals surface area contributed by atoms with Gasteiger partial charge in [-0.15, -0.1) is 13.2 Å². The number of alkyl halides is 3. The third-order valence-electron chi connectivity index (χ3n) is 7.21. The quantitative estimate of drug-likeness (QED) is 0.643. The highest BCUT2D eigenvalue weighted by molar-refractivity contribution is 5.73. The van der Waals surface area contributed by atoms with E-state index in [1.54, 1.807) is 13.0 Å². The number of carbonyl (C=O) groups is 1. The number of likely N-dealkylation sites (tertiary alicyclic amines) is 1. The van der Waals surface area contributed by atoms with Gasteiger partial charge in [-0.05, 0) is 32.4 Å². The summed E-state index contributed by atoms with van der Waals surface area (Å²) in [4.78, 5) is 31.7. The van der Waals surface area contributed by atoms with E-state index in [0.29, 0.717) is 18.2 Å². The first kappa shape index (κ1) is 25.2. The van der Waals surface area contributed by atoms with Crippen LogP contribution < -0.4 is 15.0 Å². The van der Waals surface area contributed by atoms with Gasteiger partial charge in [0.25, 0.3) is 0 Å². The minimum atomic E-state index is -4.79. The van der Waals surface area contributed by atoms with E-state index in [1.807, 2.05) is 11.9 Å². The van der Waals surface area contributed by atoms with Crippen molar-refractivity contribution in [1.82, 2.24) is 24.8 Å². The zero-order valence-electron chi connectivity index (χ0n) is 20.9. The molecule has 0 atom stereocenters. The van der Waals surface area contributed by atoms with Crippen molar-refractivity contribution in [2.45, 2.75) is 32.5 Å². The number of likely N-dealkylation sites (N-methyl/N-ethyl adjacent to an activating group) is 1. The van der Waals surface area contributed by atoms with Crippen LogP contribution in [0.5, 0.6) is 5.75 Å². The Bertz CT molecular complexity index is 1190. The van der Waals surface area contributed by atoms with Crippen LogP contribution in [0.4, 0.5) is 30.6 Å². The van der Waals surface area contributed by atoms with Crippen molar-refractivity contribution in [2.75, 3.05) is 56.5 Å². The molecule has 0 radical (unpaired) electrons. The summed E-state index contributed by atoms with van der Waals surface area (Å²) >= 11 is 0. The van der Waals surface area contributed by atoms with E-state index in [0.717, 1.165) is 69.4 Å². The number of hydrogen-bond acceptors (Lipinski definition) is 8. The van der Waals surface area contributed by atoms with Crippen LogP contribution in [0, 0.1) is 5.41 Å². The summed E-state index contributed by atoms with van der Waals surface area (Å²) in [5.41, 5.74) is 1.17. The lowest BCUT2D eigenvalue weighted by molar-refractivity contribution is -0.274. The maximum atomic E-state index is 12.7. The van der Waals surface area contributed by atoms with E-state index < -0.39 is 6.36 Å². The molecule has 0 unspecified atom stereocenters. The number of halogens is 3. The largest absolute Gasteiger partial charge is 0.573 e. The number of nitrogens with one attached hydrogen (secondary N) is 1. The van der Waals surface area contributed by atoms with Crippen molar-refractivity contribution >= 4 is 28.9 Å². The molecular weight excluding hydrogens is 487 g/mol. The number of hydrogen-bond donors (Lipinski definition) is 1. The summed E-state index contributed by atoms with van der Waals surface area (Å²) in [5, 5.41) is 3.03. The maximum Gasteiger partial charge on any atom is 0.573 e. The Morgan fingerprint density at radius 1 is 1.11 bits per heavy atom. The molecule has 12 heteroatoms. The van der Waals surface area contributed by atoms with Crippen LogP contribution in [0.3, 0.4) is 0 Å². The fourth-order valence-corrected chi connectivity index (χ4v) is 5.21. The lowest BCUT2D eigenvalue weighted by Crippen LogP contribution is -2.61. The van der Waals surface area contributed by atoms with Crippen molar-refractivity contribution in [3.8, 4) is 5.75 Å². The highest BCUT2D eigenvalue weighted by atomic mass is 19.4. The Kier molecular flexibility index (Phi) is 6.69. The monoisotopic (exact) mass is 517 g/mol. The summed E-state index contributed by atoms with van der Waals surface area (Å²) in [6.07, 6.45) is 1.39. The average molecular weight is 518 g/mol. The number of anilines is 3. The molecule has 0 aromatic carbocycles. The minimum absolute atomic E-state index is 0.117. The van der Waals surface area contributed by atoms with Crippen molar-refractivity contribution in [2.24, 2.45) is 5.41 Å². The molecule has 3 aliphatic heterocycles. The zero-order chi connectivity index (χ0) is 26.2. The minimum Gasteiger partial charge on any atom is -0.406 e. The smallest absolute Gasteiger partial charge is 0.406 e. The number of nitrogens with zero attached hydrogens (tertiary/aromatic N) is 6. The van der Waals surface area contributed by atoms with E-state index in [1.165, 1.54) is 12.3 Å². The zero-order valence-corrected chi connectivity index (χ0v) is 20.9. The third-order valence-corrected chi connectivity index (χ3v) is 7.21. The van der Waals surface area contributed by atoms with E-state index in [2.05, 4.69) is 35.9 Å². The predicted octanol–water partition coefficient (Wildman–Crippen LogP) is 3.68. The standard InChI is InChI=1S/C25H30F3N7O2/c1-17(36)34-10-6-24(7-11-34)15-35(16-24)22-13-21(31-23(32-22)18-4-3-9-33(2)14-18)30-20-12-19(5-8-29-20)37-25(26,27)28/h4-5,8,12-13H,3,6-7,9-11,14-16H2,1-2H3,(H,29,30,31,32). The molecule has 0 bridgehead atoms. The first-order valence-corrected chi connectivity index (χ1v) is 12.3. The second-order valence-electron chi connectivity index (χ2n) is 10.1. The number of aromatic nitrogens is 3. The molecule has 0 aliphatic carbocycles. The predicted molar refractivity (Wildman–Crippen MR) is 132 cm³/mol. The van der Waals surface area contributed by atoms with Gasteiger partial charge >= 0.3 is 6.36 Å². The highest BCUT2D eigenvalue weighted by Crippen LogP contribution is 2.42. The van der Waals surface area contributed by atoms with Gasteiger partial charge in [0.05, 0.1) is 0 Å². The Morgan fingerprint density at radius 3 is 2.54 bits per heavy atom. The molecule has 9 nitrogen and oxygen atoms in total. The van der Waals surface area contributed by atoms with Gasteiger partial charge in [-0.25, -0.2) is 15.0 Å². The van der Waals surface area contributed by atoms with Gasteiger partial charge < -0.3 is 24.8 Å². The summed E-state index contributed by atoms with van der Waals surface area (Å²) in [5.74, 6) is 1.72. The molecule has 1 N–H and O–H groups in total. The van der Waals surface area contributed by atoms with Gasteiger partial charge in [0.1, 0.15) is 23.2 Å². The Labute approximate surface area is 213 Å². The van der Waals surface area contributed by atoms with Crippen LogP contribution in [0.15, 0.2) is 30.5 Å². The second kappa shape index (κ2) is 9.81. The number of ether oxygens (including phenoxy) is 1. The lowest BCUT2D eigenvalue weighted by atomic mass is 9.72. The number of amides is 1. The van der Waals surface area contributed by atoms with Crippen LogP contribution in [0.25, 0.3) is 5.57 Å². The van der Waals surface area contributed by atoms with Crippen molar-refractivity contribution in [3.63, 3.8) is 0 Å². The summed E-state index contributed by atoms with van der Waals surface area (Å²) in [7, 11) is 2.04. The summed E-state index contributed by atoms with van der Waals surface area (Å²) < 4.78 is 42.0. The number of piperidine rings is 1. The molecule has 5 rings (SSSR count). The Hall–Kier alpha value is -3.41. The first-order valence-electron chi connectivity index (χ1n) is 12.3. The number of rotatable bonds is 5. The third kappa shape index (κ3) is 5.95. The van der Waals surface area contributed by atoms with Gasteiger partial charge in [-0.1, -0.05) is 6.08 Å². The van der Waals surface area contributed by atoms with Gasteiger partial charge in [0.2, 0.25) is 5.91 Å². The molecule has 2 aromatic rings. The molecule has 1 amide bonds. The molecule has 198 valence electrons. The molecular formula is C25H30F3N7O2. The molecule has 2 fully saturated rings. The highest BCUT2D eigenvalue weighted by Gasteiger charge is 2.46. The molecule has 37 heavy (non-hydrogen) atoms. The van der Waals surface area contributed by atoms with Crippen LogP contribution in [-0.2, 0) is 4.79 Å². The molecule has 2 saturated heterocycles. The summed E-state index contributed by atoms with van der Waals surface area (Å²) in [6, 6.07) is 4.13. The first-order chi connectivity index (χ1) is 17.6. The SMILES string of the molecule is CC(=O)N1CCC2(CC1)CN(c1cc(Nc3cc(OC(F)(F)F)ccn3)nc(C3=CCCN(C)C3)n1)C2. The number of pyridine rings is 1. The molecule has 0 saturated carbocycles. The van der Waals surface area contributed by atoms with Gasteiger partial charge in [-0.3, -0.25) is 4.79 Å². The topological polar surface area (TPSA) is 86.7 Å². The molecule has 1 spiro atoms.